The lowest BCUT2D eigenvalue weighted by Gasteiger charge is -2.38. The number of hydrogen-bond donors (Lipinski definition) is 3. The highest BCUT2D eigenvalue weighted by atomic mass is 16.5. The molecule has 2 bridgehead atoms. The van der Waals surface area contributed by atoms with Crippen LogP contribution < -0.4 is 10.6 Å². The molecule has 8 nitrogen and oxygen atoms in total. The molecule has 3 aliphatic heterocycles. The predicted octanol–water partition coefficient (Wildman–Crippen LogP) is 1.08. The lowest BCUT2D eigenvalue weighted by Crippen LogP contribution is -2.59. The SMILES string of the molecule is CNC(=O)[C@H]1[C@H]2C(=O)N([C@@H](CO)C(C)C)C(C(=O)NCc3ccccc3)C23CC(C)[C@]1(C)O3. The van der Waals surface area contributed by atoms with Gasteiger partial charge in [0.2, 0.25) is 17.7 Å². The molecule has 1 aromatic carbocycles. The Hall–Kier alpha value is -2.45. The van der Waals surface area contributed by atoms with Crippen LogP contribution in [0.2, 0.25) is 0 Å². The molecule has 180 valence electrons. The molecule has 1 spiro atoms. The number of carbonyl (C=O) groups is 3. The summed E-state index contributed by atoms with van der Waals surface area (Å²) < 4.78 is 6.61. The summed E-state index contributed by atoms with van der Waals surface area (Å²) in [7, 11) is 1.56. The lowest BCUT2D eigenvalue weighted by atomic mass is 9.62. The number of likely N-dealkylation sites (tertiary alicyclic amines) is 1. The number of ether oxygens (including phenoxy) is 1. The average molecular weight is 458 g/mol. The summed E-state index contributed by atoms with van der Waals surface area (Å²) in [6, 6.07) is 8.09. The molecule has 1 aromatic rings. The molecule has 3 fully saturated rings. The fraction of sp³-hybridized carbons (Fsp3) is 0.640. The van der Waals surface area contributed by atoms with Crippen molar-refractivity contribution in [1.29, 1.82) is 0 Å². The van der Waals surface area contributed by atoms with Crippen LogP contribution in [0.1, 0.15) is 39.7 Å². The van der Waals surface area contributed by atoms with E-state index in [2.05, 4.69) is 10.6 Å². The summed E-state index contributed by atoms with van der Waals surface area (Å²) in [6.07, 6.45) is 0.504. The Morgan fingerprint density at radius 1 is 1.24 bits per heavy atom. The Morgan fingerprint density at radius 2 is 1.91 bits per heavy atom. The van der Waals surface area contributed by atoms with Crippen LogP contribution in [0.5, 0.6) is 0 Å². The zero-order chi connectivity index (χ0) is 24.1. The lowest BCUT2D eigenvalue weighted by molar-refractivity contribution is -0.152. The minimum atomic E-state index is -1.11. The number of aliphatic hydroxyl groups excluding tert-OH is 1. The summed E-state index contributed by atoms with van der Waals surface area (Å²) in [5.41, 5.74) is -0.999. The Bertz CT molecular complexity index is 937. The van der Waals surface area contributed by atoms with Gasteiger partial charge in [-0.3, -0.25) is 14.4 Å². The Kier molecular flexibility index (Phi) is 6.03. The van der Waals surface area contributed by atoms with Crippen molar-refractivity contribution in [3.63, 3.8) is 0 Å². The van der Waals surface area contributed by atoms with Crippen LogP contribution in [0, 0.1) is 23.7 Å². The van der Waals surface area contributed by atoms with Crippen molar-refractivity contribution in [1.82, 2.24) is 15.5 Å². The van der Waals surface area contributed by atoms with E-state index >= 15 is 0 Å². The molecular formula is C25H35N3O5. The molecule has 33 heavy (non-hydrogen) atoms. The smallest absolute Gasteiger partial charge is 0.246 e. The fourth-order valence-electron chi connectivity index (χ4n) is 6.39. The molecule has 0 aliphatic carbocycles. The number of aliphatic hydroxyl groups is 1. The van der Waals surface area contributed by atoms with Crippen LogP contribution >= 0.6 is 0 Å². The largest absolute Gasteiger partial charge is 0.394 e. The van der Waals surface area contributed by atoms with E-state index in [1.807, 2.05) is 58.0 Å². The number of benzene rings is 1. The van der Waals surface area contributed by atoms with Gasteiger partial charge in [0.1, 0.15) is 11.6 Å². The maximum absolute atomic E-state index is 13.9. The zero-order valence-corrected chi connectivity index (χ0v) is 20.0. The van der Waals surface area contributed by atoms with Crippen molar-refractivity contribution >= 4 is 17.7 Å². The monoisotopic (exact) mass is 457 g/mol. The number of nitrogens with zero attached hydrogens (tertiary/aromatic N) is 1. The molecular weight excluding hydrogens is 422 g/mol. The first-order valence-electron chi connectivity index (χ1n) is 11.8. The molecule has 4 rings (SSSR count). The van der Waals surface area contributed by atoms with E-state index in [-0.39, 0.29) is 36.2 Å². The molecule has 3 saturated heterocycles. The topological polar surface area (TPSA) is 108 Å². The molecule has 3 aliphatic rings. The summed E-state index contributed by atoms with van der Waals surface area (Å²) >= 11 is 0. The summed E-state index contributed by atoms with van der Waals surface area (Å²) in [6.45, 7) is 7.77. The second-order valence-electron chi connectivity index (χ2n) is 10.3. The van der Waals surface area contributed by atoms with Gasteiger partial charge in [-0.25, -0.2) is 0 Å². The van der Waals surface area contributed by atoms with Crippen molar-refractivity contribution in [2.75, 3.05) is 13.7 Å². The molecule has 0 aromatic heterocycles. The molecule has 3 N–H and O–H groups in total. The molecule has 7 atom stereocenters. The number of fused-ring (bicyclic) bond motifs is 1. The van der Waals surface area contributed by atoms with Crippen LogP contribution in [0.4, 0.5) is 0 Å². The molecule has 3 heterocycles. The van der Waals surface area contributed by atoms with Gasteiger partial charge in [0.05, 0.1) is 30.1 Å². The first-order valence-corrected chi connectivity index (χ1v) is 11.8. The van der Waals surface area contributed by atoms with E-state index in [0.29, 0.717) is 13.0 Å². The van der Waals surface area contributed by atoms with Crippen LogP contribution in [-0.4, -0.2) is 64.7 Å². The molecule has 0 saturated carbocycles. The van der Waals surface area contributed by atoms with Crippen molar-refractivity contribution in [2.45, 2.75) is 63.9 Å². The fourth-order valence-corrected chi connectivity index (χ4v) is 6.39. The normalized spacial score (nSPS) is 35.6. The highest BCUT2D eigenvalue weighted by molar-refractivity contribution is 5.99. The van der Waals surface area contributed by atoms with Crippen LogP contribution in [0.25, 0.3) is 0 Å². The summed E-state index contributed by atoms with van der Waals surface area (Å²) in [4.78, 5) is 42.2. The maximum Gasteiger partial charge on any atom is 0.246 e. The van der Waals surface area contributed by atoms with Crippen molar-refractivity contribution in [3.05, 3.63) is 35.9 Å². The quantitative estimate of drug-likeness (QED) is 0.568. The molecule has 3 amide bonds. The summed E-state index contributed by atoms with van der Waals surface area (Å²) in [5.74, 6) is -2.41. The van der Waals surface area contributed by atoms with Gasteiger partial charge in [0, 0.05) is 13.6 Å². The van der Waals surface area contributed by atoms with E-state index in [0.717, 1.165) is 5.56 Å². The van der Waals surface area contributed by atoms with Crippen molar-refractivity contribution < 1.29 is 24.2 Å². The van der Waals surface area contributed by atoms with E-state index in [1.54, 1.807) is 7.05 Å². The van der Waals surface area contributed by atoms with E-state index in [4.69, 9.17) is 4.74 Å². The average Bonchev–Trinajstić information content (AvgIpc) is 3.30. The first-order chi connectivity index (χ1) is 15.6. The second kappa shape index (κ2) is 8.40. The Morgan fingerprint density at radius 3 is 2.48 bits per heavy atom. The van der Waals surface area contributed by atoms with Gasteiger partial charge in [0.25, 0.3) is 0 Å². The molecule has 3 unspecified atom stereocenters. The minimum Gasteiger partial charge on any atom is -0.394 e. The highest BCUT2D eigenvalue weighted by Crippen LogP contribution is 2.65. The van der Waals surface area contributed by atoms with Crippen LogP contribution in [0.3, 0.4) is 0 Å². The van der Waals surface area contributed by atoms with Gasteiger partial charge < -0.3 is 25.4 Å². The zero-order valence-electron chi connectivity index (χ0n) is 20.0. The minimum absolute atomic E-state index is 0.0140. The first kappa shape index (κ1) is 23.7. The number of hydrogen-bond acceptors (Lipinski definition) is 5. The number of rotatable bonds is 7. The van der Waals surface area contributed by atoms with Gasteiger partial charge in [-0.2, -0.15) is 0 Å². The van der Waals surface area contributed by atoms with Crippen molar-refractivity contribution in [2.24, 2.45) is 23.7 Å². The van der Waals surface area contributed by atoms with Gasteiger partial charge in [-0.15, -0.1) is 0 Å². The molecule has 0 radical (unpaired) electrons. The van der Waals surface area contributed by atoms with Gasteiger partial charge in [0.15, 0.2) is 0 Å². The number of amides is 3. The van der Waals surface area contributed by atoms with Gasteiger partial charge in [-0.05, 0) is 30.7 Å². The Balaban J connectivity index is 1.76. The maximum atomic E-state index is 13.9. The van der Waals surface area contributed by atoms with E-state index < -0.39 is 35.1 Å². The third-order valence-electron chi connectivity index (χ3n) is 8.15. The Labute approximate surface area is 195 Å². The van der Waals surface area contributed by atoms with E-state index in [9.17, 15) is 19.5 Å². The second-order valence-corrected chi connectivity index (χ2v) is 10.3. The standard InChI is InChI=1S/C25H35N3O5/c1-14(2)17(13-29)28-20(22(31)27-12-16-9-7-6-8-10-16)25-11-15(3)24(4,33-25)18(21(30)26-5)19(25)23(28)32/h6-10,14-15,17-20,29H,11-13H2,1-5H3,(H,26,30)(H,27,31)/t15?,17-,18+,19-,20?,24-,25?/m0/s1. The summed E-state index contributed by atoms with van der Waals surface area (Å²) in [5, 5.41) is 15.9. The van der Waals surface area contributed by atoms with Gasteiger partial charge in [-0.1, -0.05) is 51.1 Å². The van der Waals surface area contributed by atoms with Gasteiger partial charge >= 0.3 is 0 Å². The highest BCUT2D eigenvalue weighted by Gasteiger charge is 2.80. The number of nitrogens with one attached hydrogen (secondary N) is 2. The third-order valence-corrected chi connectivity index (χ3v) is 8.15. The molecule has 8 heteroatoms. The van der Waals surface area contributed by atoms with E-state index in [1.165, 1.54) is 4.90 Å². The van der Waals surface area contributed by atoms with Crippen LogP contribution in [-0.2, 0) is 25.7 Å². The third kappa shape index (κ3) is 3.37. The van der Waals surface area contributed by atoms with Crippen LogP contribution in [0.15, 0.2) is 30.3 Å². The van der Waals surface area contributed by atoms with Crippen molar-refractivity contribution in [3.8, 4) is 0 Å². The predicted molar refractivity (Wildman–Crippen MR) is 122 cm³/mol. The number of carbonyl (C=O) groups excluding carboxylic acids is 3.